The summed E-state index contributed by atoms with van der Waals surface area (Å²) in [6, 6.07) is 13.4. The zero-order valence-electron chi connectivity index (χ0n) is 21.8. The van der Waals surface area contributed by atoms with Crippen molar-refractivity contribution < 1.29 is 9.59 Å². The molecule has 194 valence electrons. The number of anilines is 2. The topological polar surface area (TPSA) is 65.5 Å². The molecule has 1 N–H and O–H groups in total. The quantitative estimate of drug-likeness (QED) is 0.453. The minimum Gasteiger partial charge on any atom is -0.334 e. The molecule has 0 unspecified atom stereocenters. The van der Waals surface area contributed by atoms with Gasteiger partial charge >= 0.3 is 0 Å². The number of carbonyl (C=O) groups excluding carboxylic acids is 2. The van der Waals surface area contributed by atoms with Crippen LogP contribution in [0.1, 0.15) is 70.0 Å². The molecule has 7 heteroatoms. The third-order valence-corrected chi connectivity index (χ3v) is 8.28. The zero-order valence-corrected chi connectivity index (χ0v) is 22.5. The van der Waals surface area contributed by atoms with E-state index in [2.05, 4.69) is 5.32 Å². The summed E-state index contributed by atoms with van der Waals surface area (Å²) >= 11 is 6.20. The molecule has 3 atom stereocenters. The van der Waals surface area contributed by atoms with Gasteiger partial charge in [-0.15, -0.1) is 0 Å². The average molecular weight is 511 g/mol. The van der Waals surface area contributed by atoms with Crippen LogP contribution in [0.2, 0.25) is 5.02 Å². The van der Waals surface area contributed by atoms with Crippen LogP contribution in [0.5, 0.6) is 0 Å². The van der Waals surface area contributed by atoms with Crippen molar-refractivity contribution in [3.63, 3.8) is 0 Å². The maximum absolute atomic E-state index is 14.1. The molecule has 1 aromatic carbocycles. The molecule has 0 bridgehead atoms. The largest absolute Gasteiger partial charge is 0.334 e. The molecule has 2 fully saturated rings. The molecule has 1 aliphatic carbocycles. The van der Waals surface area contributed by atoms with Crippen LogP contribution in [0, 0.1) is 11.8 Å². The Kier molecular flexibility index (Phi) is 9.02. The van der Waals surface area contributed by atoms with E-state index in [0.717, 1.165) is 62.3 Å². The highest BCUT2D eigenvalue weighted by Crippen LogP contribution is 2.38. The third kappa shape index (κ3) is 6.09. The lowest BCUT2D eigenvalue weighted by atomic mass is 9.76. The summed E-state index contributed by atoms with van der Waals surface area (Å²) in [5, 5.41) is 3.73. The Bertz CT molecular complexity index is 1060. The first kappa shape index (κ1) is 26.6. The van der Waals surface area contributed by atoms with Crippen LogP contribution in [0.15, 0.2) is 42.5 Å². The highest BCUT2D eigenvalue weighted by Gasteiger charge is 2.39. The summed E-state index contributed by atoms with van der Waals surface area (Å²) in [6.07, 6.45) is 7.75. The van der Waals surface area contributed by atoms with Gasteiger partial charge in [-0.05, 0) is 75.9 Å². The van der Waals surface area contributed by atoms with Crippen molar-refractivity contribution in [1.29, 1.82) is 0 Å². The Morgan fingerprint density at radius 2 is 1.86 bits per heavy atom. The van der Waals surface area contributed by atoms with Crippen molar-refractivity contribution in [2.75, 3.05) is 25.5 Å². The predicted molar refractivity (Wildman–Crippen MR) is 146 cm³/mol. The normalized spacial score (nSPS) is 20.2. The molecule has 1 aliphatic heterocycles. The molecule has 1 saturated carbocycles. The van der Waals surface area contributed by atoms with Crippen molar-refractivity contribution in [2.45, 2.75) is 70.4 Å². The number of nitrogens with one attached hydrogen (secondary N) is 1. The molecule has 1 saturated heterocycles. The number of likely N-dealkylation sites (tertiary alicyclic amines) is 1. The van der Waals surface area contributed by atoms with E-state index in [4.69, 9.17) is 16.6 Å². The second-order valence-electron chi connectivity index (χ2n) is 10.3. The minimum atomic E-state index is -0.244. The maximum Gasteiger partial charge on any atom is 0.226 e. The van der Waals surface area contributed by atoms with Gasteiger partial charge in [-0.1, -0.05) is 43.0 Å². The van der Waals surface area contributed by atoms with Gasteiger partial charge in [0.1, 0.15) is 11.6 Å². The molecule has 2 heterocycles. The monoisotopic (exact) mass is 510 g/mol. The number of halogens is 1. The molecule has 4 rings (SSSR count). The molecule has 1 aromatic heterocycles. The highest BCUT2D eigenvalue weighted by molar-refractivity contribution is 6.30. The fraction of sp³-hybridized carbons (Fsp3) is 0.552. The first-order valence-electron chi connectivity index (χ1n) is 13.4. The number of amides is 1. The van der Waals surface area contributed by atoms with Crippen LogP contribution in [0.3, 0.4) is 0 Å². The number of carbonyl (C=O) groups is 2. The number of Topliss-reactive ketones (excluding diaryl/α,β-unsaturated/α-hetero) is 1. The van der Waals surface area contributed by atoms with E-state index in [9.17, 15) is 9.59 Å². The van der Waals surface area contributed by atoms with Gasteiger partial charge in [0.15, 0.2) is 0 Å². The molecule has 6 nitrogen and oxygen atoms in total. The van der Waals surface area contributed by atoms with E-state index in [0.29, 0.717) is 11.4 Å². The molecule has 36 heavy (non-hydrogen) atoms. The minimum absolute atomic E-state index is 0.0619. The second-order valence-corrected chi connectivity index (χ2v) is 10.8. The number of ketones is 1. The Labute approximate surface area is 220 Å². The van der Waals surface area contributed by atoms with Gasteiger partial charge in [0.25, 0.3) is 0 Å². The fourth-order valence-electron chi connectivity index (χ4n) is 5.73. The molecular weight excluding hydrogens is 472 g/mol. The number of hydrogen-bond donors (Lipinski definition) is 1. The number of pyridine rings is 1. The molecular formula is C29H39ClN4O2. The summed E-state index contributed by atoms with van der Waals surface area (Å²) in [5.41, 5.74) is 1.87. The zero-order chi connectivity index (χ0) is 25.7. The van der Waals surface area contributed by atoms with Gasteiger partial charge in [-0.25, -0.2) is 4.98 Å². The second kappa shape index (κ2) is 12.2. The van der Waals surface area contributed by atoms with Crippen molar-refractivity contribution >= 4 is 34.8 Å². The van der Waals surface area contributed by atoms with E-state index in [1.807, 2.05) is 66.2 Å². The van der Waals surface area contributed by atoms with Gasteiger partial charge in [0.05, 0.1) is 17.8 Å². The number of aromatic nitrogens is 1. The molecule has 2 aliphatic rings. The van der Waals surface area contributed by atoms with E-state index in [-0.39, 0.29) is 35.6 Å². The van der Waals surface area contributed by atoms with E-state index in [1.165, 1.54) is 6.42 Å². The number of benzene rings is 1. The predicted octanol–water partition coefficient (Wildman–Crippen LogP) is 5.93. The van der Waals surface area contributed by atoms with Crippen molar-refractivity contribution in [1.82, 2.24) is 15.2 Å². The third-order valence-electron chi connectivity index (χ3n) is 8.05. The van der Waals surface area contributed by atoms with Gasteiger partial charge in [-0.3, -0.25) is 9.59 Å². The fourth-order valence-corrected chi connectivity index (χ4v) is 5.91. The van der Waals surface area contributed by atoms with Crippen LogP contribution in [-0.2, 0) is 9.59 Å². The number of hydrogen-bond acceptors (Lipinski definition) is 5. The van der Waals surface area contributed by atoms with E-state index in [1.54, 1.807) is 7.05 Å². The smallest absolute Gasteiger partial charge is 0.226 e. The number of likely N-dealkylation sites (N-methyl/N-ethyl adjacent to an activating group) is 1. The number of nitrogens with zero attached hydrogens (tertiary/aromatic N) is 3. The molecule has 2 aromatic rings. The standard InChI is InChI=1S/C29H39ClN4O2/c1-20(31-2)27(35)19-24(21-10-5-4-6-11-21)29(36)34-17-9-15-26(34)25-14-8-16-28(32-25)33(3)23-13-7-12-22(30)18-23/h7-8,12-14,16,18,20-21,24,26,31H,4-6,9-11,15,17,19H2,1-3H3/t20-,24-,26-/m0/s1. The molecule has 1 amide bonds. The van der Waals surface area contributed by atoms with Gasteiger partial charge < -0.3 is 15.1 Å². The number of rotatable bonds is 9. The SMILES string of the molecule is CN[C@@H](C)C(=O)C[C@H](C(=O)N1CCC[C@H]1c1cccc(N(C)c2cccc(Cl)c2)n1)C1CCCCC1. The van der Waals surface area contributed by atoms with Crippen LogP contribution in [0.25, 0.3) is 0 Å². The summed E-state index contributed by atoms with van der Waals surface area (Å²) in [5.74, 6) is 1.12. The Morgan fingerprint density at radius 1 is 1.11 bits per heavy atom. The average Bonchev–Trinajstić information content (AvgIpc) is 3.41. The van der Waals surface area contributed by atoms with Gasteiger partial charge in [0.2, 0.25) is 5.91 Å². The summed E-state index contributed by atoms with van der Waals surface area (Å²) in [6.45, 7) is 2.60. The van der Waals surface area contributed by atoms with Crippen molar-refractivity contribution in [3.05, 3.63) is 53.2 Å². The van der Waals surface area contributed by atoms with Gasteiger partial charge in [0, 0.05) is 36.6 Å². The lowest BCUT2D eigenvalue weighted by Gasteiger charge is -2.35. The Morgan fingerprint density at radius 3 is 2.58 bits per heavy atom. The molecule has 0 radical (unpaired) electrons. The Balaban J connectivity index is 1.57. The van der Waals surface area contributed by atoms with Gasteiger partial charge in [-0.2, -0.15) is 0 Å². The Hall–Kier alpha value is -2.44. The lowest BCUT2D eigenvalue weighted by Crippen LogP contribution is -2.42. The first-order valence-corrected chi connectivity index (χ1v) is 13.7. The molecule has 0 spiro atoms. The first-order chi connectivity index (χ1) is 17.4. The summed E-state index contributed by atoms with van der Waals surface area (Å²) < 4.78 is 0. The van der Waals surface area contributed by atoms with Crippen LogP contribution in [0.4, 0.5) is 11.5 Å². The van der Waals surface area contributed by atoms with E-state index >= 15 is 0 Å². The van der Waals surface area contributed by atoms with E-state index < -0.39 is 0 Å². The maximum atomic E-state index is 14.1. The lowest BCUT2D eigenvalue weighted by molar-refractivity contribution is -0.141. The summed E-state index contributed by atoms with van der Waals surface area (Å²) in [4.78, 5) is 36.0. The summed E-state index contributed by atoms with van der Waals surface area (Å²) in [7, 11) is 3.78. The van der Waals surface area contributed by atoms with Crippen LogP contribution in [-0.4, -0.2) is 48.3 Å². The highest BCUT2D eigenvalue weighted by atomic mass is 35.5. The van der Waals surface area contributed by atoms with Crippen LogP contribution < -0.4 is 10.2 Å². The van der Waals surface area contributed by atoms with Crippen molar-refractivity contribution in [2.24, 2.45) is 11.8 Å². The van der Waals surface area contributed by atoms with Crippen molar-refractivity contribution in [3.8, 4) is 0 Å². The van der Waals surface area contributed by atoms with Crippen LogP contribution >= 0.6 is 11.6 Å².